The van der Waals surface area contributed by atoms with E-state index in [2.05, 4.69) is 5.32 Å². The van der Waals surface area contributed by atoms with Gasteiger partial charge in [0.2, 0.25) is 0 Å². The first-order chi connectivity index (χ1) is 8.70. The number of para-hydroxylation sites is 1. The molecule has 4 N–H and O–H groups in total. The largest absolute Gasteiger partial charge is 0.504 e. The Hall–Kier alpha value is -1.26. The number of phenolic OH excluding ortho intramolecular Hbond substituents is 1. The molecule has 0 heterocycles. The van der Waals surface area contributed by atoms with E-state index in [4.69, 9.17) is 10.5 Å². The smallest absolute Gasteiger partial charge is 0.162 e. The molecule has 0 saturated heterocycles. The molecule has 0 radical (unpaired) electrons. The van der Waals surface area contributed by atoms with Crippen molar-refractivity contribution in [2.24, 2.45) is 5.73 Å². The summed E-state index contributed by atoms with van der Waals surface area (Å²) in [5.41, 5.74) is 6.76. The number of ether oxygens (including phenoxy) is 1. The topological polar surface area (TPSA) is 67.5 Å². The van der Waals surface area contributed by atoms with Crippen molar-refractivity contribution >= 4 is 0 Å². The van der Waals surface area contributed by atoms with Crippen LogP contribution in [0.25, 0.3) is 0 Å². The molecule has 1 aliphatic carbocycles. The summed E-state index contributed by atoms with van der Waals surface area (Å²) < 4.78 is 5.10. The van der Waals surface area contributed by atoms with E-state index >= 15 is 0 Å². The number of aromatic hydroxyl groups is 1. The average molecular weight is 250 g/mol. The third-order valence-corrected chi connectivity index (χ3v) is 3.66. The lowest BCUT2D eigenvalue weighted by Gasteiger charge is -2.27. The highest BCUT2D eigenvalue weighted by atomic mass is 16.5. The molecule has 0 aromatic heterocycles. The van der Waals surface area contributed by atoms with Gasteiger partial charge in [0.25, 0.3) is 0 Å². The van der Waals surface area contributed by atoms with Gasteiger partial charge in [-0.3, -0.25) is 0 Å². The van der Waals surface area contributed by atoms with Crippen LogP contribution in [0.1, 0.15) is 31.2 Å². The Morgan fingerprint density at radius 1 is 1.33 bits per heavy atom. The number of hydrogen-bond acceptors (Lipinski definition) is 4. The zero-order valence-electron chi connectivity index (χ0n) is 10.9. The quantitative estimate of drug-likeness (QED) is 0.761. The molecule has 0 atom stereocenters. The van der Waals surface area contributed by atoms with Crippen LogP contribution in [0.2, 0.25) is 0 Å². The second kappa shape index (κ2) is 6.07. The van der Waals surface area contributed by atoms with Crippen LogP contribution < -0.4 is 15.8 Å². The number of rotatable bonds is 4. The minimum atomic E-state index is 0.236. The third-order valence-electron chi connectivity index (χ3n) is 3.66. The van der Waals surface area contributed by atoms with Gasteiger partial charge in [0, 0.05) is 24.2 Å². The van der Waals surface area contributed by atoms with Crippen LogP contribution >= 0.6 is 0 Å². The average Bonchev–Trinajstić information content (AvgIpc) is 2.39. The zero-order chi connectivity index (χ0) is 13.0. The monoisotopic (exact) mass is 250 g/mol. The molecular weight excluding hydrogens is 228 g/mol. The van der Waals surface area contributed by atoms with Crippen LogP contribution in [0.3, 0.4) is 0 Å². The molecule has 1 aromatic carbocycles. The van der Waals surface area contributed by atoms with E-state index in [-0.39, 0.29) is 5.75 Å². The first-order valence-corrected chi connectivity index (χ1v) is 6.54. The van der Waals surface area contributed by atoms with Gasteiger partial charge in [-0.25, -0.2) is 0 Å². The van der Waals surface area contributed by atoms with Gasteiger partial charge in [-0.15, -0.1) is 0 Å². The van der Waals surface area contributed by atoms with E-state index in [1.54, 1.807) is 13.2 Å². The van der Waals surface area contributed by atoms with Crippen LogP contribution in [0.4, 0.5) is 0 Å². The maximum atomic E-state index is 9.98. The van der Waals surface area contributed by atoms with Gasteiger partial charge >= 0.3 is 0 Å². The van der Waals surface area contributed by atoms with Crippen molar-refractivity contribution in [2.75, 3.05) is 7.11 Å². The second-order valence-corrected chi connectivity index (χ2v) is 4.96. The van der Waals surface area contributed by atoms with Crippen LogP contribution in [0.15, 0.2) is 18.2 Å². The SMILES string of the molecule is COc1cccc(CNC2CCC(N)CC2)c1O. The maximum Gasteiger partial charge on any atom is 0.162 e. The van der Waals surface area contributed by atoms with Gasteiger partial charge in [-0.05, 0) is 31.7 Å². The Bertz CT molecular complexity index is 387. The molecule has 100 valence electrons. The molecule has 1 aliphatic rings. The van der Waals surface area contributed by atoms with Gasteiger partial charge in [0.15, 0.2) is 11.5 Å². The Labute approximate surface area is 108 Å². The molecule has 1 fully saturated rings. The zero-order valence-corrected chi connectivity index (χ0v) is 10.9. The molecule has 0 aliphatic heterocycles. The number of hydrogen-bond donors (Lipinski definition) is 3. The predicted molar refractivity (Wildman–Crippen MR) is 71.7 cm³/mol. The Morgan fingerprint density at radius 2 is 2.06 bits per heavy atom. The molecular formula is C14H22N2O2. The van der Waals surface area contributed by atoms with Gasteiger partial charge in [0.05, 0.1) is 7.11 Å². The van der Waals surface area contributed by atoms with Crippen LogP contribution in [-0.2, 0) is 6.54 Å². The number of nitrogens with one attached hydrogen (secondary N) is 1. The van der Waals surface area contributed by atoms with Gasteiger partial charge in [-0.2, -0.15) is 0 Å². The predicted octanol–water partition coefficient (Wildman–Crippen LogP) is 1.76. The first-order valence-electron chi connectivity index (χ1n) is 6.54. The summed E-state index contributed by atoms with van der Waals surface area (Å²) in [6.45, 7) is 0.670. The minimum absolute atomic E-state index is 0.236. The summed E-state index contributed by atoms with van der Waals surface area (Å²) in [6.07, 6.45) is 4.40. The fraction of sp³-hybridized carbons (Fsp3) is 0.571. The number of phenols is 1. The van der Waals surface area contributed by atoms with Gasteiger partial charge in [-0.1, -0.05) is 12.1 Å². The van der Waals surface area contributed by atoms with E-state index in [1.165, 1.54) is 0 Å². The maximum absolute atomic E-state index is 9.98. The van der Waals surface area contributed by atoms with Gasteiger partial charge < -0.3 is 20.9 Å². The molecule has 18 heavy (non-hydrogen) atoms. The summed E-state index contributed by atoms with van der Waals surface area (Å²) in [5, 5.41) is 13.5. The summed E-state index contributed by atoms with van der Waals surface area (Å²) in [4.78, 5) is 0. The first kappa shape index (κ1) is 13.2. The van der Waals surface area contributed by atoms with Crippen molar-refractivity contribution in [3.63, 3.8) is 0 Å². The van der Waals surface area contributed by atoms with E-state index in [9.17, 15) is 5.11 Å². The lowest BCUT2D eigenvalue weighted by molar-refractivity contribution is 0.336. The van der Waals surface area contributed by atoms with Crippen LogP contribution in [0.5, 0.6) is 11.5 Å². The molecule has 0 spiro atoms. The van der Waals surface area contributed by atoms with Crippen molar-refractivity contribution in [3.8, 4) is 11.5 Å². The normalized spacial score (nSPS) is 23.9. The van der Waals surface area contributed by atoms with Gasteiger partial charge in [0.1, 0.15) is 0 Å². The second-order valence-electron chi connectivity index (χ2n) is 4.96. The molecule has 1 aromatic rings. The van der Waals surface area contributed by atoms with E-state index in [0.29, 0.717) is 24.4 Å². The molecule has 4 nitrogen and oxygen atoms in total. The lowest BCUT2D eigenvalue weighted by atomic mass is 9.92. The minimum Gasteiger partial charge on any atom is -0.504 e. The van der Waals surface area contributed by atoms with E-state index in [1.807, 2.05) is 12.1 Å². The molecule has 0 amide bonds. The van der Waals surface area contributed by atoms with Crippen molar-refractivity contribution < 1.29 is 9.84 Å². The third kappa shape index (κ3) is 3.15. The summed E-state index contributed by atoms with van der Waals surface area (Å²) >= 11 is 0. The number of benzene rings is 1. The van der Waals surface area contributed by atoms with Crippen LogP contribution in [0, 0.1) is 0 Å². The Balaban J connectivity index is 1.90. The molecule has 0 bridgehead atoms. The Morgan fingerprint density at radius 3 is 2.72 bits per heavy atom. The van der Waals surface area contributed by atoms with Crippen molar-refractivity contribution in [1.29, 1.82) is 0 Å². The highest BCUT2D eigenvalue weighted by Crippen LogP contribution is 2.29. The standard InChI is InChI=1S/C14H22N2O2/c1-18-13-4-2-3-10(14(13)17)9-16-12-7-5-11(15)6-8-12/h2-4,11-12,16-17H,5-9,15H2,1H3. The summed E-state index contributed by atoms with van der Waals surface area (Å²) in [7, 11) is 1.56. The van der Waals surface area contributed by atoms with Crippen LogP contribution in [-0.4, -0.2) is 24.3 Å². The molecule has 4 heteroatoms. The molecule has 2 rings (SSSR count). The molecule has 0 unspecified atom stereocenters. The molecule has 1 saturated carbocycles. The number of methoxy groups -OCH3 is 1. The highest BCUT2D eigenvalue weighted by molar-refractivity contribution is 5.45. The highest BCUT2D eigenvalue weighted by Gasteiger charge is 2.18. The summed E-state index contributed by atoms with van der Waals surface area (Å²) in [5.74, 6) is 0.764. The van der Waals surface area contributed by atoms with Crippen molar-refractivity contribution in [3.05, 3.63) is 23.8 Å². The summed E-state index contributed by atoms with van der Waals surface area (Å²) in [6, 6.07) is 6.45. The van der Waals surface area contributed by atoms with Crippen molar-refractivity contribution in [1.82, 2.24) is 5.32 Å². The van der Waals surface area contributed by atoms with E-state index in [0.717, 1.165) is 31.2 Å². The Kier molecular flexibility index (Phi) is 4.44. The fourth-order valence-electron chi connectivity index (χ4n) is 2.45. The lowest BCUT2D eigenvalue weighted by Crippen LogP contribution is -2.37. The fourth-order valence-corrected chi connectivity index (χ4v) is 2.45. The van der Waals surface area contributed by atoms with Crippen molar-refractivity contribution in [2.45, 2.75) is 44.3 Å². The van der Waals surface area contributed by atoms with E-state index < -0.39 is 0 Å². The number of nitrogens with two attached hydrogens (primary N) is 1.